The fraction of sp³-hybridized carbons (Fsp3) is 0.556. The molecule has 0 bridgehead atoms. The molecule has 12 heavy (non-hydrogen) atoms. The van der Waals surface area contributed by atoms with Crippen LogP contribution in [0.3, 0.4) is 0 Å². The van der Waals surface area contributed by atoms with E-state index in [-0.39, 0.29) is 10.5 Å². The molecule has 0 unspecified atom stereocenters. The van der Waals surface area contributed by atoms with Crippen molar-refractivity contribution in [1.82, 2.24) is 5.32 Å². The molecule has 0 saturated carbocycles. The second kappa shape index (κ2) is 3.54. The molecule has 0 aliphatic heterocycles. The van der Waals surface area contributed by atoms with Crippen molar-refractivity contribution in [3.63, 3.8) is 0 Å². The fourth-order valence-corrected chi connectivity index (χ4v) is 2.04. The molecule has 1 nitrogen and oxygen atoms in total. The number of thiophene rings is 1. The first-order chi connectivity index (χ1) is 5.56. The van der Waals surface area contributed by atoms with Crippen molar-refractivity contribution < 1.29 is 4.39 Å². The molecule has 1 rings (SSSR count). The minimum Gasteiger partial charge on any atom is -0.319 e. The Morgan fingerprint density at radius 3 is 2.58 bits per heavy atom. The highest BCUT2D eigenvalue weighted by Gasteiger charge is 2.21. The third kappa shape index (κ3) is 2.05. The van der Waals surface area contributed by atoms with Gasteiger partial charge in [-0.15, -0.1) is 11.3 Å². The zero-order valence-electron chi connectivity index (χ0n) is 7.65. The van der Waals surface area contributed by atoms with Crippen molar-refractivity contribution in [3.8, 4) is 0 Å². The predicted octanol–water partition coefficient (Wildman–Crippen LogP) is 2.38. The lowest BCUT2D eigenvalue weighted by Gasteiger charge is -2.22. The van der Waals surface area contributed by atoms with Crippen LogP contribution in [0.5, 0.6) is 0 Å². The van der Waals surface area contributed by atoms with Crippen molar-refractivity contribution in [2.24, 2.45) is 0 Å². The van der Waals surface area contributed by atoms with Gasteiger partial charge in [0.05, 0.1) is 0 Å². The third-order valence-electron chi connectivity index (χ3n) is 1.86. The van der Waals surface area contributed by atoms with Crippen LogP contribution in [0.25, 0.3) is 0 Å². The van der Waals surface area contributed by atoms with Gasteiger partial charge in [0.1, 0.15) is 0 Å². The molecule has 0 aromatic carbocycles. The third-order valence-corrected chi connectivity index (χ3v) is 3.10. The van der Waals surface area contributed by atoms with Crippen molar-refractivity contribution in [3.05, 3.63) is 22.1 Å². The van der Waals surface area contributed by atoms with Crippen molar-refractivity contribution in [1.29, 1.82) is 0 Å². The Morgan fingerprint density at radius 2 is 2.17 bits per heavy atom. The van der Waals surface area contributed by atoms with Gasteiger partial charge < -0.3 is 5.32 Å². The van der Waals surface area contributed by atoms with E-state index in [1.165, 1.54) is 17.4 Å². The van der Waals surface area contributed by atoms with Gasteiger partial charge in [-0.1, -0.05) is 13.8 Å². The van der Waals surface area contributed by atoms with E-state index in [0.29, 0.717) is 0 Å². The van der Waals surface area contributed by atoms with Crippen LogP contribution in [0.2, 0.25) is 0 Å². The van der Waals surface area contributed by atoms with E-state index in [4.69, 9.17) is 0 Å². The molecule has 1 aromatic heterocycles. The van der Waals surface area contributed by atoms with Crippen LogP contribution in [0.15, 0.2) is 12.1 Å². The molecule has 0 saturated heterocycles. The Kier molecular flexibility index (Phi) is 2.85. The number of nitrogens with one attached hydrogen (secondary N) is 1. The van der Waals surface area contributed by atoms with Crippen LogP contribution in [0.4, 0.5) is 4.39 Å². The molecule has 1 heterocycles. The van der Waals surface area contributed by atoms with Crippen molar-refractivity contribution in [2.45, 2.75) is 19.3 Å². The lowest BCUT2D eigenvalue weighted by atomic mass is 9.92. The Hall–Kier alpha value is -0.410. The molecule has 0 atom stereocenters. The highest BCUT2D eigenvalue weighted by Crippen LogP contribution is 2.28. The number of rotatable bonds is 3. The number of hydrogen-bond acceptors (Lipinski definition) is 2. The second-order valence-corrected chi connectivity index (χ2v) is 4.55. The molecule has 1 aromatic rings. The maximum absolute atomic E-state index is 12.7. The Bertz CT molecular complexity index is 255. The Labute approximate surface area is 76.6 Å². The molecule has 1 N–H and O–H groups in total. The van der Waals surface area contributed by atoms with Gasteiger partial charge in [0.15, 0.2) is 5.13 Å². The summed E-state index contributed by atoms with van der Waals surface area (Å²) in [5, 5.41) is 3.00. The van der Waals surface area contributed by atoms with Gasteiger partial charge in [0, 0.05) is 16.8 Å². The number of likely N-dealkylation sites (N-methyl/N-ethyl adjacent to an activating group) is 1. The van der Waals surface area contributed by atoms with Gasteiger partial charge >= 0.3 is 0 Å². The fourth-order valence-electron chi connectivity index (χ4n) is 1.21. The summed E-state index contributed by atoms with van der Waals surface area (Å²) in [5.74, 6) is 0. The van der Waals surface area contributed by atoms with E-state index >= 15 is 0 Å². The first-order valence-corrected chi connectivity index (χ1v) is 4.78. The monoisotopic (exact) mass is 187 g/mol. The molecular formula is C9H14FNS. The van der Waals surface area contributed by atoms with E-state index in [2.05, 4.69) is 19.2 Å². The smallest absolute Gasteiger partial charge is 0.176 e. The molecule has 68 valence electrons. The normalized spacial score (nSPS) is 12.0. The summed E-state index contributed by atoms with van der Waals surface area (Å²) in [5.41, 5.74) is 0.0315. The van der Waals surface area contributed by atoms with E-state index < -0.39 is 0 Å². The summed E-state index contributed by atoms with van der Waals surface area (Å²) in [6.07, 6.45) is 0. The van der Waals surface area contributed by atoms with E-state index in [1.807, 2.05) is 13.1 Å². The first-order valence-electron chi connectivity index (χ1n) is 3.97. The number of hydrogen-bond donors (Lipinski definition) is 1. The summed E-state index contributed by atoms with van der Waals surface area (Å²) < 4.78 is 12.7. The van der Waals surface area contributed by atoms with Gasteiger partial charge in [-0.3, -0.25) is 0 Å². The van der Waals surface area contributed by atoms with Crippen LogP contribution in [-0.4, -0.2) is 13.6 Å². The standard InChI is InChI=1S/C9H14FNS/c1-9(2,6-11-3)7-4-5-8(10)12-7/h4-5,11H,6H2,1-3H3. The van der Waals surface area contributed by atoms with Crippen LogP contribution in [0.1, 0.15) is 18.7 Å². The van der Waals surface area contributed by atoms with E-state index in [0.717, 1.165) is 11.4 Å². The maximum atomic E-state index is 12.7. The van der Waals surface area contributed by atoms with Gasteiger partial charge in [-0.2, -0.15) is 4.39 Å². The Morgan fingerprint density at radius 1 is 1.50 bits per heavy atom. The molecule has 0 amide bonds. The van der Waals surface area contributed by atoms with Gasteiger partial charge in [0.25, 0.3) is 0 Å². The first kappa shape index (κ1) is 9.68. The second-order valence-electron chi connectivity index (χ2n) is 3.52. The minimum atomic E-state index is -0.103. The summed E-state index contributed by atoms with van der Waals surface area (Å²) in [7, 11) is 1.91. The van der Waals surface area contributed by atoms with Gasteiger partial charge in [-0.05, 0) is 19.2 Å². The van der Waals surface area contributed by atoms with Crippen LogP contribution in [0, 0.1) is 5.13 Å². The topological polar surface area (TPSA) is 12.0 Å². The summed E-state index contributed by atoms with van der Waals surface area (Å²) in [4.78, 5) is 1.09. The Balaban J connectivity index is 2.81. The van der Waals surface area contributed by atoms with Gasteiger partial charge in [-0.25, -0.2) is 0 Å². The van der Waals surface area contributed by atoms with Crippen LogP contribution < -0.4 is 5.32 Å². The summed E-state index contributed by atoms with van der Waals surface area (Å²) >= 11 is 1.23. The summed E-state index contributed by atoms with van der Waals surface area (Å²) in [6, 6.07) is 3.38. The lowest BCUT2D eigenvalue weighted by molar-refractivity contribution is 0.503. The molecular weight excluding hydrogens is 173 g/mol. The molecule has 0 spiro atoms. The quantitative estimate of drug-likeness (QED) is 0.766. The van der Waals surface area contributed by atoms with Crippen LogP contribution in [-0.2, 0) is 5.41 Å². The SMILES string of the molecule is CNCC(C)(C)c1ccc(F)s1. The molecule has 3 heteroatoms. The minimum absolute atomic E-state index is 0.0315. The zero-order valence-corrected chi connectivity index (χ0v) is 8.46. The number of halogens is 1. The van der Waals surface area contributed by atoms with Crippen LogP contribution >= 0.6 is 11.3 Å². The van der Waals surface area contributed by atoms with Crippen molar-refractivity contribution in [2.75, 3.05) is 13.6 Å². The van der Waals surface area contributed by atoms with E-state index in [1.54, 1.807) is 0 Å². The zero-order chi connectivity index (χ0) is 9.19. The lowest BCUT2D eigenvalue weighted by Crippen LogP contribution is -2.29. The average Bonchev–Trinajstić information content (AvgIpc) is 2.36. The molecule has 0 aliphatic rings. The molecule has 0 fully saturated rings. The largest absolute Gasteiger partial charge is 0.319 e. The van der Waals surface area contributed by atoms with Crippen molar-refractivity contribution >= 4 is 11.3 Å². The highest BCUT2D eigenvalue weighted by atomic mass is 32.1. The maximum Gasteiger partial charge on any atom is 0.176 e. The predicted molar refractivity (Wildman–Crippen MR) is 51.2 cm³/mol. The average molecular weight is 187 g/mol. The van der Waals surface area contributed by atoms with Gasteiger partial charge in [0.2, 0.25) is 0 Å². The molecule has 0 aliphatic carbocycles. The highest BCUT2D eigenvalue weighted by molar-refractivity contribution is 7.10. The summed E-state index contributed by atoms with van der Waals surface area (Å²) in [6.45, 7) is 5.08. The van der Waals surface area contributed by atoms with E-state index in [9.17, 15) is 4.39 Å². The molecule has 0 radical (unpaired) electrons.